The van der Waals surface area contributed by atoms with Gasteiger partial charge in [0.25, 0.3) is 0 Å². The summed E-state index contributed by atoms with van der Waals surface area (Å²) < 4.78 is 5.77. The molecule has 110 valence electrons. The van der Waals surface area contributed by atoms with Gasteiger partial charge in [-0.05, 0) is 38.3 Å². The molecule has 1 heterocycles. The Morgan fingerprint density at radius 2 is 2.30 bits per heavy atom. The number of ether oxygens (including phenoxy) is 1. The van der Waals surface area contributed by atoms with E-state index in [9.17, 15) is 0 Å². The predicted octanol–water partition coefficient (Wildman–Crippen LogP) is 2.09. The van der Waals surface area contributed by atoms with Crippen LogP contribution in [0.2, 0.25) is 0 Å². The minimum atomic E-state index is 0.139. The molecule has 1 aromatic rings. The summed E-state index contributed by atoms with van der Waals surface area (Å²) in [4.78, 5) is 2.11. The average molecular weight is 277 g/mol. The van der Waals surface area contributed by atoms with Gasteiger partial charge in [0.2, 0.25) is 0 Å². The van der Waals surface area contributed by atoms with Gasteiger partial charge in [0.1, 0.15) is 0 Å². The van der Waals surface area contributed by atoms with Crippen LogP contribution >= 0.6 is 0 Å². The van der Waals surface area contributed by atoms with Gasteiger partial charge in [-0.15, -0.1) is 0 Å². The Hall–Kier alpha value is -1.75. The first-order chi connectivity index (χ1) is 9.61. The van der Waals surface area contributed by atoms with E-state index in [1.807, 2.05) is 32.2 Å². The first kappa shape index (κ1) is 14.7. The van der Waals surface area contributed by atoms with Gasteiger partial charge in [0.05, 0.1) is 6.10 Å². The van der Waals surface area contributed by atoms with Crippen molar-refractivity contribution in [3.63, 3.8) is 0 Å². The second-order valence-electron chi connectivity index (χ2n) is 5.37. The maximum Gasteiger partial charge on any atom is 0.172 e. The van der Waals surface area contributed by atoms with E-state index in [0.29, 0.717) is 0 Å². The molecule has 0 bridgehead atoms. The zero-order valence-corrected chi connectivity index (χ0v) is 12.2. The molecule has 1 aliphatic heterocycles. The molecule has 0 spiro atoms. The Morgan fingerprint density at radius 3 is 2.95 bits per heavy atom. The van der Waals surface area contributed by atoms with E-state index in [-0.39, 0.29) is 11.9 Å². The molecule has 0 aromatic heterocycles. The third-order valence-electron chi connectivity index (χ3n) is 3.70. The lowest BCUT2D eigenvalue weighted by molar-refractivity contribution is 0.0216. The van der Waals surface area contributed by atoms with Crippen molar-refractivity contribution in [1.82, 2.24) is 0 Å². The highest BCUT2D eigenvalue weighted by Crippen LogP contribution is 2.23. The maximum atomic E-state index is 8.93. The lowest BCUT2D eigenvalue weighted by Gasteiger charge is -2.29. The Labute approximate surface area is 120 Å². The highest BCUT2D eigenvalue weighted by molar-refractivity contribution is 6.02. The van der Waals surface area contributed by atoms with Crippen molar-refractivity contribution in [2.45, 2.75) is 32.3 Å². The topological polar surface area (TPSA) is 71.1 Å². The molecule has 20 heavy (non-hydrogen) atoms. The van der Waals surface area contributed by atoms with Crippen LogP contribution in [0.1, 0.15) is 30.4 Å². The number of nitrogens with two attached hydrogens (primary N) is 1. The fraction of sp³-hybridized carbons (Fsp3) is 0.533. The zero-order chi connectivity index (χ0) is 14.5. The molecular formula is C15H23N3O2. The lowest BCUT2D eigenvalue weighted by atomic mass is 10.1. The summed E-state index contributed by atoms with van der Waals surface area (Å²) in [5.41, 5.74) is 8.57. The molecule has 0 radical (unpaired) electrons. The number of nitrogens with zero attached hydrogens (tertiary/aromatic N) is 2. The van der Waals surface area contributed by atoms with E-state index in [2.05, 4.69) is 10.1 Å². The lowest BCUT2D eigenvalue weighted by Crippen LogP contribution is -2.34. The van der Waals surface area contributed by atoms with Crippen molar-refractivity contribution < 1.29 is 9.94 Å². The van der Waals surface area contributed by atoms with Crippen molar-refractivity contribution in [2.75, 3.05) is 25.1 Å². The quantitative estimate of drug-likeness (QED) is 0.382. The molecule has 3 N–H and O–H groups in total. The van der Waals surface area contributed by atoms with Crippen LogP contribution in [-0.2, 0) is 4.74 Å². The summed E-state index contributed by atoms with van der Waals surface area (Å²) in [7, 11) is 2.01. The number of likely N-dealkylation sites (N-methyl/N-ethyl adjacent to an activating group) is 1. The number of hydrogen-bond acceptors (Lipinski definition) is 4. The Morgan fingerprint density at radius 1 is 1.50 bits per heavy atom. The number of oxime groups is 1. The molecule has 1 aliphatic rings. The van der Waals surface area contributed by atoms with Crippen LogP contribution < -0.4 is 10.6 Å². The first-order valence-corrected chi connectivity index (χ1v) is 7.03. The van der Waals surface area contributed by atoms with E-state index >= 15 is 0 Å². The van der Waals surface area contributed by atoms with Crippen molar-refractivity contribution in [3.05, 3.63) is 29.3 Å². The Bertz CT molecular complexity index is 482. The number of hydrogen-bond donors (Lipinski definition) is 2. The van der Waals surface area contributed by atoms with Gasteiger partial charge < -0.3 is 20.6 Å². The van der Waals surface area contributed by atoms with Gasteiger partial charge in [0.15, 0.2) is 5.84 Å². The first-order valence-electron chi connectivity index (χ1n) is 7.03. The van der Waals surface area contributed by atoms with E-state index < -0.39 is 0 Å². The molecule has 1 fully saturated rings. The van der Waals surface area contributed by atoms with Crippen molar-refractivity contribution in [3.8, 4) is 0 Å². The number of aryl methyl sites for hydroxylation is 1. The van der Waals surface area contributed by atoms with Gasteiger partial charge in [-0.25, -0.2) is 0 Å². The Kier molecular flexibility index (Phi) is 4.84. The highest BCUT2D eigenvalue weighted by atomic mass is 16.5. The van der Waals surface area contributed by atoms with Crippen LogP contribution in [0.5, 0.6) is 0 Å². The smallest absolute Gasteiger partial charge is 0.172 e. The van der Waals surface area contributed by atoms with Crippen LogP contribution in [0, 0.1) is 6.92 Å². The number of benzene rings is 1. The summed E-state index contributed by atoms with van der Waals surface area (Å²) in [6.45, 7) is 3.65. The molecule has 1 aromatic carbocycles. The van der Waals surface area contributed by atoms with Crippen LogP contribution in [0.25, 0.3) is 0 Å². The third-order valence-corrected chi connectivity index (χ3v) is 3.70. The van der Waals surface area contributed by atoms with Crippen molar-refractivity contribution in [1.29, 1.82) is 0 Å². The maximum absolute atomic E-state index is 8.93. The molecular weight excluding hydrogens is 254 g/mol. The molecule has 2 rings (SSSR count). The monoisotopic (exact) mass is 277 g/mol. The molecule has 1 atom stereocenters. The van der Waals surface area contributed by atoms with Gasteiger partial charge in [-0.1, -0.05) is 16.8 Å². The van der Waals surface area contributed by atoms with Gasteiger partial charge in [0, 0.05) is 31.5 Å². The van der Waals surface area contributed by atoms with E-state index in [1.165, 1.54) is 6.42 Å². The number of amidine groups is 1. The molecule has 0 amide bonds. The predicted molar refractivity (Wildman–Crippen MR) is 80.6 cm³/mol. The van der Waals surface area contributed by atoms with Gasteiger partial charge in [-0.3, -0.25) is 0 Å². The number of anilines is 1. The van der Waals surface area contributed by atoms with Gasteiger partial charge in [-0.2, -0.15) is 0 Å². The minimum absolute atomic E-state index is 0.139. The molecule has 0 saturated carbocycles. The SMILES string of the molecule is Cc1ccc(N(C)CC2CCCCO2)c(/C(N)=N/O)c1. The van der Waals surface area contributed by atoms with Gasteiger partial charge >= 0.3 is 0 Å². The minimum Gasteiger partial charge on any atom is -0.409 e. The van der Waals surface area contributed by atoms with E-state index in [0.717, 1.165) is 42.8 Å². The molecule has 0 aliphatic carbocycles. The van der Waals surface area contributed by atoms with E-state index in [1.54, 1.807) is 0 Å². The second-order valence-corrected chi connectivity index (χ2v) is 5.37. The zero-order valence-electron chi connectivity index (χ0n) is 12.2. The Balaban J connectivity index is 2.18. The fourth-order valence-electron chi connectivity index (χ4n) is 2.60. The second kappa shape index (κ2) is 6.61. The van der Waals surface area contributed by atoms with Crippen LogP contribution in [0.3, 0.4) is 0 Å². The molecule has 1 unspecified atom stereocenters. The van der Waals surface area contributed by atoms with Crippen LogP contribution in [-0.4, -0.2) is 37.3 Å². The summed E-state index contributed by atoms with van der Waals surface area (Å²) in [5, 5.41) is 12.1. The molecule has 5 heteroatoms. The van der Waals surface area contributed by atoms with Crippen LogP contribution in [0.4, 0.5) is 5.69 Å². The normalized spacial score (nSPS) is 19.9. The third kappa shape index (κ3) is 3.42. The average Bonchev–Trinajstić information content (AvgIpc) is 2.47. The molecule has 5 nitrogen and oxygen atoms in total. The standard InChI is InChI=1S/C15H23N3O2/c1-11-6-7-14(13(9-11)15(16)17-19)18(2)10-12-5-3-4-8-20-12/h6-7,9,12,19H,3-5,8,10H2,1-2H3,(H2,16,17). The highest BCUT2D eigenvalue weighted by Gasteiger charge is 2.18. The largest absolute Gasteiger partial charge is 0.409 e. The fourth-order valence-corrected chi connectivity index (χ4v) is 2.60. The summed E-state index contributed by atoms with van der Waals surface area (Å²) in [5.74, 6) is 0.139. The summed E-state index contributed by atoms with van der Waals surface area (Å²) >= 11 is 0. The van der Waals surface area contributed by atoms with Crippen molar-refractivity contribution >= 4 is 11.5 Å². The molecule has 1 saturated heterocycles. The number of rotatable bonds is 4. The summed E-state index contributed by atoms with van der Waals surface area (Å²) in [6, 6.07) is 5.97. The summed E-state index contributed by atoms with van der Waals surface area (Å²) in [6.07, 6.45) is 3.73. The van der Waals surface area contributed by atoms with Crippen molar-refractivity contribution in [2.24, 2.45) is 10.9 Å². The van der Waals surface area contributed by atoms with Crippen LogP contribution in [0.15, 0.2) is 23.4 Å². The van der Waals surface area contributed by atoms with E-state index in [4.69, 9.17) is 15.7 Å².